The first-order valence-electron chi connectivity index (χ1n) is 15.7. The van der Waals surface area contributed by atoms with E-state index in [0.717, 1.165) is 22.3 Å². The van der Waals surface area contributed by atoms with Crippen molar-refractivity contribution < 1.29 is 23.9 Å². The number of esters is 2. The average Bonchev–Trinajstić information content (AvgIpc) is 3.36. The third-order valence-corrected chi connectivity index (χ3v) is 7.38. The Hall–Kier alpha value is -5.50. The minimum absolute atomic E-state index is 0.107. The van der Waals surface area contributed by atoms with Gasteiger partial charge in [0, 0.05) is 23.2 Å². The van der Waals surface area contributed by atoms with Crippen LogP contribution in [0.1, 0.15) is 60.3 Å². The minimum Gasteiger partial charge on any atom is -0.462 e. The minimum atomic E-state index is -0.966. The zero-order valence-electron chi connectivity index (χ0n) is 27.1. The van der Waals surface area contributed by atoms with E-state index in [1.165, 1.54) is 9.91 Å². The fraction of sp³-hybridized carbons (Fsp3) is 0.231. The summed E-state index contributed by atoms with van der Waals surface area (Å²) in [5.41, 5.74) is 4.15. The lowest BCUT2D eigenvalue weighted by molar-refractivity contribution is -0.159. The molecule has 0 N–H and O–H groups in total. The fourth-order valence-electron chi connectivity index (χ4n) is 5.28. The highest BCUT2D eigenvalue weighted by atomic mass is 16.6. The summed E-state index contributed by atoms with van der Waals surface area (Å²) in [7, 11) is 0. The van der Waals surface area contributed by atoms with Gasteiger partial charge in [0.25, 0.3) is 0 Å². The second-order valence-corrected chi connectivity index (χ2v) is 12.1. The molecule has 0 saturated carbocycles. The van der Waals surface area contributed by atoms with Gasteiger partial charge in [-0.05, 0) is 57.0 Å². The van der Waals surface area contributed by atoms with Crippen molar-refractivity contribution in [3.63, 3.8) is 0 Å². The maximum Gasteiger partial charge on any atom is 0.345 e. The van der Waals surface area contributed by atoms with Crippen molar-refractivity contribution in [3.8, 4) is 0 Å². The Balaban J connectivity index is 1.61. The molecule has 2 amide bonds. The van der Waals surface area contributed by atoms with Gasteiger partial charge in [-0.15, -0.1) is 0 Å². The molecule has 5 rings (SSSR count). The maximum atomic E-state index is 14.5. The first kappa shape index (κ1) is 32.9. The van der Waals surface area contributed by atoms with E-state index >= 15 is 0 Å². The molecule has 240 valence electrons. The van der Waals surface area contributed by atoms with E-state index < -0.39 is 29.6 Å². The van der Waals surface area contributed by atoms with Gasteiger partial charge in [0.05, 0.1) is 24.4 Å². The highest BCUT2D eigenvalue weighted by molar-refractivity contribution is 6.13. The summed E-state index contributed by atoms with van der Waals surface area (Å²) < 4.78 is 11.0. The molecular formula is C39H39N3O5. The summed E-state index contributed by atoms with van der Waals surface area (Å²) >= 11 is 0. The fourth-order valence-corrected chi connectivity index (χ4v) is 5.28. The Morgan fingerprint density at radius 1 is 0.809 bits per heavy atom. The van der Waals surface area contributed by atoms with E-state index in [4.69, 9.17) is 14.6 Å². The van der Waals surface area contributed by atoms with Crippen molar-refractivity contribution in [1.82, 2.24) is 9.91 Å². The van der Waals surface area contributed by atoms with Crippen molar-refractivity contribution in [2.75, 3.05) is 13.2 Å². The Labute approximate surface area is 275 Å². The molecule has 1 fully saturated rings. The number of hydrogen-bond donors (Lipinski definition) is 0. The number of ether oxygens (including phenoxy) is 2. The van der Waals surface area contributed by atoms with Crippen LogP contribution in [0.25, 0.3) is 6.08 Å². The zero-order valence-corrected chi connectivity index (χ0v) is 27.1. The Bertz CT molecular complexity index is 1700. The second-order valence-electron chi connectivity index (χ2n) is 12.1. The molecule has 0 aliphatic carbocycles. The lowest BCUT2D eigenvalue weighted by Gasteiger charge is -2.30. The molecule has 0 aromatic heterocycles. The summed E-state index contributed by atoms with van der Waals surface area (Å²) in [6.07, 6.45) is 2.08. The summed E-state index contributed by atoms with van der Waals surface area (Å²) in [6, 6.07) is 34.4. The van der Waals surface area contributed by atoms with Crippen molar-refractivity contribution in [1.29, 1.82) is 0 Å². The standard InChI is InChI=1S/C39H39N3O5/c1-5-46-36(43)32-23-21-29(22-24-32)25-33-27-41(40-35(30-17-11-7-12-18-30)31-19-13-8-14-20-31)38(45)42(33)34(37(44)47-39(2,3)4)26-28-15-9-6-10-16-28/h6-25,34H,5,26-27H2,1-4H3/b33-25-/t34-/m1/s1. The van der Waals surface area contributed by atoms with E-state index in [1.807, 2.05) is 97.1 Å². The summed E-state index contributed by atoms with van der Waals surface area (Å²) in [5.74, 6) is -0.928. The van der Waals surface area contributed by atoms with Crippen molar-refractivity contribution in [2.45, 2.75) is 45.8 Å². The van der Waals surface area contributed by atoms with E-state index in [-0.39, 0.29) is 19.6 Å². The first-order chi connectivity index (χ1) is 22.6. The van der Waals surface area contributed by atoms with Gasteiger partial charge in [-0.3, -0.25) is 4.90 Å². The number of benzene rings is 4. The topological polar surface area (TPSA) is 88.5 Å². The lowest BCUT2D eigenvalue weighted by atomic mass is 10.0. The van der Waals surface area contributed by atoms with Gasteiger partial charge in [-0.1, -0.05) is 103 Å². The van der Waals surface area contributed by atoms with E-state index in [9.17, 15) is 14.4 Å². The van der Waals surface area contributed by atoms with Gasteiger partial charge >= 0.3 is 18.0 Å². The van der Waals surface area contributed by atoms with Crippen LogP contribution >= 0.6 is 0 Å². The zero-order chi connectivity index (χ0) is 33.4. The Morgan fingerprint density at radius 3 is 1.89 bits per heavy atom. The molecular weight excluding hydrogens is 590 g/mol. The molecule has 4 aromatic carbocycles. The quantitative estimate of drug-likeness (QED) is 0.135. The molecule has 1 saturated heterocycles. The number of nitrogens with zero attached hydrogens (tertiary/aromatic N) is 3. The lowest BCUT2D eigenvalue weighted by Crippen LogP contribution is -2.46. The predicted octanol–water partition coefficient (Wildman–Crippen LogP) is 7.35. The van der Waals surface area contributed by atoms with Crippen molar-refractivity contribution in [3.05, 3.63) is 149 Å². The van der Waals surface area contributed by atoms with Gasteiger partial charge in [-0.25, -0.2) is 19.4 Å². The van der Waals surface area contributed by atoms with Gasteiger partial charge in [-0.2, -0.15) is 5.10 Å². The van der Waals surface area contributed by atoms with Crippen LogP contribution in [0.5, 0.6) is 0 Å². The third kappa shape index (κ3) is 8.41. The van der Waals surface area contributed by atoms with Crippen LogP contribution in [0.3, 0.4) is 0 Å². The third-order valence-electron chi connectivity index (χ3n) is 7.38. The van der Waals surface area contributed by atoms with Gasteiger partial charge in [0.15, 0.2) is 0 Å². The van der Waals surface area contributed by atoms with Crippen LogP contribution in [-0.4, -0.2) is 58.4 Å². The normalized spacial score (nSPS) is 14.6. The van der Waals surface area contributed by atoms with Gasteiger partial charge in [0.1, 0.15) is 11.6 Å². The largest absolute Gasteiger partial charge is 0.462 e. The molecule has 1 aliphatic rings. The number of hydrogen-bond acceptors (Lipinski definition) is 6. The van der Waals surface area contributed by atoms with Crippen molar-refractivity contribution >= 4 is 29.8 Å². The molecule has 1 heterocycles. The maximum absolute atomic E-state index is 14.5. The molecule has 8 nitrogen and oxygen atoms in total. The molecule has 1 atom stereocenters. The highest BCUT2D eigenvalue weighted by Gasteiger charge is 2.43. The SMILES string of the molecule is CCOC(=O)c1ccc(/C=C2/CN(N=C(c3ccccc3)c3ccccc3)C(=O)N2[C@H](Cc2ccccc2)C(=O)OC(C)(C)C)cc1. The highest BCUT2D eigenvalue weighted by Crippen LogP contribution is 2.29. The van der Waals surface area contributed by atoms with E-state index in [2.05, 4.69) is 0 Å². The van der Waals surface area contributed by atoms with E-state index in [0.29, 0.717) is 17.0 Å². The monoisotopic (exact) mass is 629 g/mol. The Kier molecular flexibility index (Phi) is 10.3. The average molecular weight is 630 g/mol. The van der Waals surface area contributed by atoms with Crippen molar-refractivity contribution in [2.24, 2.45) is 5.10 Å². The number of amides is 2. The number of hydrazone groups is 1. The van der Waals surface area contributed by atoms with Crippen LogP contribution in [0, 0.1) is 0 Å². The first-order valence-corrected chi connectivity index (χ1v) is 15.7. The number of carbonyl (C=O) groups is 3. The predicted molar refractivity (Wildman–Crippen MR) is 183 cm³/mol. The molecule has 0 unspecified atom stereocenters. The van der Waals surface area contributed by atoms with Gasteiger partial charge in [0.2, 0.25) is 0 Å². The molecule has 8 heteroatoms. The molecule has 4 aromatic rings. The Morgan fingerprint density at radius 2 is 1.36 bits per heavy atom. The van der Waals surface area contributed by atoms with E-state index in [1.54, 1.807) is 52.0 Å². The number of rotatable bonds is 10. The number of urea groups is 1. The molecule has 0 spiro atoms. The summed E-state index contributed by atoms with van der Waals surface area (Å²) in [5, 5.41) is 6.32. The van der Waals surface area contributed by atoms with Crippen LogP contribution in [0.15, 0.2) is 126 Å². The molecule has 0 radical (unpaired) electrons. The van der Waals surface area contributed by atoms with Crippen LogP contribution in [0.4, 0.5) is 4.79 Å². The summed E-state index contributed by atoms with van der Waals surface area (Å²) in [6.45, 7) is 7.56. The molecule has 1 aliphatic heterocycles. The van der Waals surface area contributed by atoms with Crippen LogP contribution in [-0.2, 0) is 20.7 Å². The smallest absolute Gasteiger partial charge is 0.345 e. The van der Waals surface area contributed by atoms with Gasteiger partial charge < -0.3 is 9.47 Å². The number of carbonyl (C=O) groups excluding carboxylic acids is 3. The molecule has 0 bridgehead atoms. The molecule has 47 heavy (non-hydrogen) atoms. The van der Waals surface area contributed by atoms with Crippen LogP contribution < -0.4 is 0 Å². The van der Waals surface area contributed by atoms with Crippen LogP contribution in [0.2, 0.25) is 0 Å². The summed E-state index contributed by atoms with van der Waals surface area (Å²) in [4.78, 5) is 42.1. The second kappa shape index (κ2) is 14.7.